The van der Waals surface area contributed by atoms with Gasteiger partial charge in [-0.15, -0.1) is 0 Å². The summed E-state index contributed by atoms with van der Waals surface area (Å²) >= 11 is 0. The van der Waals surface area contributed by atoms with Crippen molar-refractivity contribution in [1.29, 1.82) is 0 Å². The number of hydrogen-bond acceptors (Lipinski definition) is 1. The molecule has 1 nitrogen and oxygen atoms in total. The minimum atomic E-state index is 0.542. The quantitative estimate of drug-likeness (QED) is 0.514. The average Bonchev–Trinajstić information content (AvgIpc) is 2.42. The van der Waals surface area contributed by atoms with E-state index in [0.717, 1.165) is 11.8 Å². The zero-order valence-corrected chi connectivity index (χ0v) is 7.93. The van der Waals surface area contributed by atoms with Crippen LogP contribution in [0.25, 0.3) is 0 Å². The Morgan fingerprint density at radius 3 is 2.18 bits per heavy atom. The average molecular weight is 153 g/mol. The maximum atomic E-state index is 2.63. The van der Waals surface area contributed by atoms with Crippen LogP contribution in [0.2, 0.25) is 0 Å². The molecule has 3 unspecified atom stereocenters. The Morgan fingerprint density at radius 1 is 1.18 bits per heavy atom. The molecule has 2 aliphatic heterocycles. The Morgan fingerprint density at radius 2 is 1.91 bits per heavy atom. The number of rotatable bonds is 0. The number of nitrogens with zero attached hydrogens (tertiary/aromatic N) is 1. The van der Waals surface area contributed by atoms with Gasteiger partial charge in [0.15, 0.2) is 0 Å². The summed E-state index contributed by atoms with van der Waals surface area (Å²) < 4.78 is 0. The molecule has 0 saturated carbocycles. The zero-order valence-electron chi connectivity index (χ0n) is 7.93. The highest BCUT2D eigenvalue weighted by Crippen LogP contribution is 2.42. The first kappa shape index (κ1) is 7.60. The van der Waals surface area contributed by atoms with Crippen LogP contribution in [0.3, 0.4) is 0 Å². The molecule has 64 valence electrons. The molecule has 0 spiro atoms. The summed E-state index contributed by atoms with van der Waals surface area (Å²) in [6.45, 7) is 11.3. The predicted octanol–water partition coefficient (Wildman–Crippen LogP) is 1.98. The molecule has 0 aromatic heterocycles. The Hall–Kier alpha value is -0.0400. The van der Waals surface area contributed by atoms with E-state index in [9.17, 15) is 0 Å². The van der Waals surface area contributed by atoms with E-state index in [0.29, 0.717) is 5.41 Å². The largest absolute Gasteiger partial charge is 0.303 e. The molecule has 2 aliphatic rings. The first-order valence-electron chi connectivity index (χ1n) is 4.80. The second-order valence-corrected chi connectivity index (χ2v) is 5.28. The lowest BCUT2D eigenvalue weighted by atomic mass is 9.73. The van der Waals surface area contributed by atoms with Crippen molar-refractivity contribution in [2.75, 3.05) is 19.6 Å². The molecule has 0 amide bonds. The van der Waals surface area contributed by atoms with Crippen LogP contribution in [-0.2, 0) is 0 Å². The minimum absolute atomic E-state index is 0.542. The van der Waals surface area contributed by atoms with Crippen molar-refractivity contribution in [3.63, 3.8) is 0 Å². The highest BCUT2D eigenvalue weighted by Gasteiger charge is 2.43. The highest BCUT2D eigenvalue weighted by molar-refractivity contribution is 4.95. The lowest BCUT2D eigenvalue weighted by molar-refractivity contribution is 0.163. The fourth-order valence-corrected chi connectivity index (χ4v) is 2.77. The molecule has 2 bridgehead atoms. The van der Waals surface area contributed by atoms with Crippen molar-refractivity contribution >= 4 is 0 Å². The summed E-state index contributed by atoms with van der Waals surface area (Å²) in [6.07, 6.45) is 1.46. The molecular weight excluding hydrogens is 134 g/mol. The van der Waals surface area contributed by atoms with Crippen molar-refractivity contribution in [3.8, 4) is 0 Å². The lowest BCUT2D eigenvalue weighted by Gasteiger charge is -2.33. The Bertz CT molecular complexity index is 157. The summed E-state index contributed by atoms with van der Waals surface area (Å²) in [4.78, 5) is 2.63. The van der Waals surface area contributed by atoms with Crippen molar-refractivity contribution in [2.45, 2.75) is 27.2 Å². The molecule has 2 fully saturated rings. The molecule has 3 atom stereocenters. The highest BCUT2D eigenvalue weighted by atomic mass is 15.2. The maximum Gasteiger partial charge on any atom is 0.00179 e. The normalized spacial score (nSPS) is 43.4. The molecule has 2 heterocycles. The predicted molar refractivity (Wildman–Crippen MR) is 47.5 cm³/mol. The van der Waals surface area contributed by atoms with Gasteiger partial charge in [-0.3, -0.25) is 0 Å². The van der Waals surface area contributed by atoms with E-state index in [1.54, 1.807) is 0 Å². The van der Waals surface area contributed by atoms with Crippen LogP contribution in [0.5, 0.6) is 0 Å². The summed E-state index contributed by atoms with van der Waals surface area (Å²) in [5.74, 6) is 1.99. The van der Waals surface area contributed by atoms with E-state index in [4.69, 9.17) is 0 Å². The van der Waals surface area contributed by atoms with Gasteiger partial charge in [-0.1, -0.05) is 20.8 Å². The first-order chi connectivity index (χ1) is 5.07. The van der Waals surface area contributed by atoms with Gasteiger partial charge in [-0.2, -0.15) is 0 Å². The van der Waals surface area contributed by atoms with Gasteiger partial charge < -0.3 is 4.90 Å². The van der Waals surface area contributed by atoms with E-state index in [1.807, 2.05) is 0 Å². The van der Waals surface area contributed by atoms with E-state index in [2.05, 4.69) is 25.7 Å². The van der Waals surface area contributed by atoms with Crippen LogP contribution in [0.4, 0.5) is 0 Å². The molecule has 1 heteroatoms. The Labute approximate surface area is 69.8 Å². The smallest absolute Gasteiger partial charge is 0.00179 e. The van der Waals surface area contributed by atoms with Crippen LogP contribution in [-0.4, -0.2) is 24.5 Å². The molecule has 0 aromatic rings. The van der Waals surface area contributed by atoms with Gasteiger partial charge in [0.05, 0.1) is 0 Å². The Kier molecular flexibility index (Phi) is 1.54. The molecule has 2 saturated heterocycles. The maximum absolute atomic E-state index is 2.63. The van der Waals surface area contributed by atoms with Crippen LogP contribution in [0.1, 0.15) is 27.2 Å². The summed E-state index contributed by atoms with van der Waals surface area (Å²) in [6, 6.07) is 0. The second kappa shape index (κ2) is 2.22. The van der Waals surface area contributed by atoms with Crippen molar-refractivity contribution in [2.24, 2.45) is 17.3 Å². The summed E-state index contributed by atoms with van der Waals surface area (Å²) in [5, 5.41) is 0. The van der Waals surface area contributed by atoms with E-state index >= 15 is 0 Å². The topological polar surface area (TPSA) is 3.24 Å². The number of hydrogen-bond donors (Lipinski definition) is 0. The van der Waals surface area contributed by atoms with Crippen LogP contribution in [0.15, 0.2) is 0 Å². The molecule has 11 heavy (non-hydrogen) atoms. The molecular formula is C10H19N. The van der Waals surface area contributed by atoms with Gasteiger partial charge in [-0.05, 0) is 30.2 Å². The van der Waals surface area contributed by atoms with E-state index in [-0.39, 0.29) is 0 Å². The van der Waals surface area contributed by atoms with Crippen molar-refractivity contribution in [3.05, 3.63) is 0 Å². The standard InChI is InChI=1S/C10H19N/c1-10(2,3)9-7-11-5-4-8(9)6-11/h8-9H,4-7H2,1-3H3. The van der Waals surface area contributed by atoms with Gasteiger partial charge in [-0.25, -0.2) is 0 Å². The van der Waals surface area contributed by atoms with E-state index in [1.165, 1.54) is 26.1 Å². The molecule has 0 aliphatic carbocycles. The number of fused-ring (bicyclic) bond motifs is 2. The third kappa shape index (κ3) is 1.20. The third-order valence-electron chi connectivity index (χ3n) is 3.45. The first-order valence-corrected chi connectivity index (χ1v) is 4.80. The lowest BCUT2D eigenvalue weighted by Crippen LogP contribution is -2.32. The molecule has 0 N–H and O–H groups in total. The van der Waals surface area contributed by atoms with Crippen molar-refractivity contribution < 1.29 is 0 Å². The zero-order chi connectivity index (χ0) is 8.06. The van der Waals surface area contributed by atoms with Gasteiger partial charge in [0.25, 0.3) is 0 Å². The molecule has 0 radical (unpaired) electrons. The third-order valence-corrected chi connectivity index (χ3v) is 3.45. The summed E-state index contributed by atoms with van der Waals surface area (Å²) in [7, 11) is 0. The van der Waals surface area contributed by atoms with Gasteiger partial charge in [0, 0.05) is 13.1 Å². The van der Waals surface area contributed by atoms with Crippen LogP contribution < -0.4 is 0 Å². The van der Waals surface area contributed by atoms with Crippen molar-refractivity contribution in [1.82, 2.24) is 4.90 Å². The van der Waals surface area contributed by atoms with E-state index < -0.39 is 0 Å². The van der Waals surface area contributed by atoms with Crippen LogP contribution in [0, 0.1) is 17.3 Å². The van der Waals surface area contributed by atoms with Gasteiger partial charge >= 0.3 is 0 Å². The Balaban J connectivity index is 2.08. The minimum Gasteiger partial charge on any atom is -0.303 e. The van der Waals surface area contributed by atoms with Crippen LogP contribution >= 0.6 is 0 Å². The van der Waals surface area contributed by atoms with Gasteiger partial charge in [0.1, 0.15) is 0 Å². The second-order valence-electron chi connectivity index (χ2n) is 5.28. The molecule has 2 rings (SSSR count). The SMILES string of the molecule is CC(C)(C)C1CN2CCC1C2. The monoisotopic (exact) mass is 153 g/mol. The number of piperidine rings is 1. The van der Waals surface area contributed by atoms with Gasteiger partial charge in [0.2, 0.25) is 0 Å². The summed E-state index contributed by atoms with van der Waals surface area (Å²) in [5.41, 5.74) is 0.542. The fourth-order valence-electron chi connectivity index (χ4n) is 2.77. The molecule has 0 aromatic carbocycles. The fraction of sp³-hybridized carbons (Fsp3) is 1.00.